The Bertz CT molecular complexity index is 677. The van der Waals surface area contributed by atoms with Crippen LogP contribution in [0.4, 0.5) is 5.82 Å². The minimum Gasteiger partial charge on any atom is -0.409 e. The lowest BCUT2D eigenvalue weighted by atomic mass is 10.1. The standard InChI is InChI=1S/C16H20N4O/c1-20(12-7-3-4-8-12)16-13(15(17)19-21)10-11-6-2-5-9-14(11)18-16/h2,5-6,9-10,12,21H,3-4,7-8H2,1H3,(H2,17,19). The second-order valence-corrected chi connectivity index (χ2v) is 5.59. The number of hydrogen-bond acceptors (Lipinski definition) is 4. The number of anilines is 1. The summed E-state index contributed by atoms with van der Waals surface area (Å²) in [5.74, 6) is 0.893. The molecule has 1 aromatic heterocycles. The zero-order valence-corrected chi connectivity index (χ0v) is 12.2. The first-order chi connectivity index (χ1) is 10.2. The third-order valence-electron chi connectivity index (χ3n) is 4.29. The third kappa shape index (κ3) is 2.51. The maximum Gasteiger partial charge on any atom is 0.173 e. The summed E-state index contributed by atoms with van der Waals surface area (Å²) in [6, 6.07) is 10.3. The molecule has 5 nitrogen and oxygen atoms in total. The number of hydrogen-bond donors (Lipinski definition) is 2. The number of aromatic nitrogens is 1. The first-order valence-electron chi connectivity index (χ1n) is 7.31. The van der Waals surface area contributed by atoms with E-state index in [1.54, 1.807) is 0 Å². The SMILES string of the molecule is CN(c1nc2ccccc2cc1C(N)=NO)C1CCCC1. The smallest absolute Gasteiger partial charge is 0.173 e. The van der Waals surface area contributed by atoms with Gasteiger partial charge in [0.2, 0.25) is 0 Å². The Balaban J connectivity index is 2.13. The Hall–Kier alpha value is -2.30. The summed E-state index contributed by atoms with van der Waals surface area (Å²) >= 11 is 0. The van der Waals surface area contributed by atoms with Gasteiger partial charge in [-0.1, -0.05) is 36.2 Å². The lowest BCUT2D eigenvalue weighted by Crippen LogP contribution is -2.32. The van der Waals surface area contributed by atoms with E-state index in [-0.39, 0.29) is 5.84 Å². The minimum absolute atomic E-state index is 0.105. The quantitative estimate of drug-likeness (QED) is 0.393. The van der Waals surface area contributed by atoms with Gasteiger partial charge in [0.15, 0.2) is 5.84 Å². The number of pyridine rings is 1. The zero-order chi connectivity index (χ0) is 14.8. The van der Waals surface area contributed by atoms with Gasteiger partial charge in [-0.25, -0.2) is 4.98 Å². The van der Waals surface area contributed by atoms with E-state index in [0.29, 0.717) is 11.6 Å². The second-order valence-electron chi connectivity index (χ2n) is 5.59. The molecule has 110 valence electrons. The van der Waals surface area contributed by atoms with Crippen LogP contribution in [-0.4, -0.2) is 29.1 Å². The van der Waals surface area contributed by atoms with Crippen LogP contribution in [0.1, 0.15) is 31.2 Å². The van der Waals surface area contributed by atoms with E-state index in [4.69, 9.17) is 15.9 Å². The molecule has 21 heavy (non-hydrogen) atoms. The number of fused-ring (bicyclic) bond motifs is 1. The molecule has 5 heteroatoms. The first-order valence-corrected chi connectivity index (χ1v) is 7.31. The highest BCUT2D eigenvalue weighted by atomic mass is 16.4. The zero-order valence-electron chi connectivity index (χ0n) is 12.2. The van der Waals surface area contributed by atoms with Gasteiger partial charge in [-0.3, -0.25) is 0 Å². The van der Waals surface area contributed by atoms with Crippen molar-refractivity contribution in [3.8, 4) is 0 Å². The van der Waals surface area contributed by atoms with Crippen LogP contribution >= 0.6 is 0 Å². The average molecular weight is 284 g/mol. The molecule has 0 aliphatic heterocycles. The predicted octanol–water partition coefficient (Wildman–Crippen LogP) is 2.71. The monoisotopic (exact) mass is 284 g/mol. The number of para-hydroxylation sites is 1. The number of benzene rings is 1. The number of nitrogens with two attached hydrogens (primary N) is 1. The van der Waals surface area contributed by atoms with Crippen molar-refractivity contribution < 1.29 is 5.21 Å². The van der Waals surface area contributed by atoms with Gasteiger partial charge in [0.05, 0.1) is 11.1 Å². The Morgan fingerprint density at radius 1 is 1.33 bits per heavy atom. The van der Waals surface area contributed by atoms with Crippen LogP contribution in [0.15, 0.2) is 35.5 Å². The Morgan fingerprint density at radius 2 is 2.05 bits per heavy atom. The number of amidine groups is 1. The van der Waals surface area contributed by atoms with Gasteiger partial charge < -0.3 is 15.8 Å². The molecule has 0 saturated heterocycles. The molecule has 3 N–H and O–H groups in total. The Morgan fingerprint density at radius 3 is 2.76 bits per heavy atom. The molecule has 0 atom stereocenters. The molecule has 3 rings (SSSR count). The first kappa shape index (κ1) is 13.7. The molecular formula is C16H20N4O. The van der Waals surface area contributed by atoms with E-state index in [1.165, 1.54) is 25.7 Å². The van der Waals surface area contributed by atoms with Crippen molar-refractivity contribution in [2.24, 2.45) is 10.9 Å². The Kier molecular flexibility index (Phi) is 3.64. The van der Waals surface area contributed by atoms with Gasteiger partial charge in [0, 0.05) is 18.5 Å². The van der Waals surface area contributed by atoms with Crippen LogP contribution in [0.5, 0.6) is 0 Å². The summed E-state index contributed by atoms with van der Waals surface area (Å²) in [4.78, 5) is 6.92. The van der Waals surface area contributed by atoms with Crippen LogP contribution < -0.4 is 10.6 Å². The van der Waals surface area contributed by atoms with Gasteiger partial charge in [0.25, 0.3) is 0 Å². The summed E-state index contributed by atoms with van der Waals surface area (Å²) in [5.41, 5.74) is 7.46. The van der Waals surface area contributed by atoms with Crippen molar-refractivity contribution in [3.63, 3.8) is 0 Å². The average Bonchev–Trinajstić information content (AvgIpc) is 3.06. The van der Waals surface area contributed by atoms with Crippen molar-refractivity contribution in [2.75, 3.05) is 11.9 Å². The van der Waals surface area contributed by atoms with Gasteiger partial charge in [-0.05, 0) is 25.0 Å². The highest BCUT2D eigenvalue weighted by Crippen LogP contribution is 2.29. The van der Waals surface area contributed by atoms with Crippen LogP contribution in [0.3, 0.4) is 0 Å². The molecule has 1 aliphatic carbocycles. The summed E-state index contributed by atoms with van der Waals surface area (Å²) in [6.07, 6.45) is 4.84. The van der Waals surface area contributed by atoms with Crippen LogP contribution in [0.25, 0.3) is 10.9 Å². The Labute approximate surface area is 124 Å². The molecule has 0 unspecified atom stereocenters. The number of rotatable bonds is 3. The van der Waals surface area contributed by atoms with E-state index in [2.05, 4.69) is 10.1 Å². The molecule has 0 amide bonds. The third-order valence-corrected chi connectivity index (χ3v) is 4.29. The van der Waals surface area contributed by atoms with Gasteiger partial charge in [0.1, 0.15) is 5.82 Å². The van der Waals surface area contributed by atoms with E-state index >= 15 is 0 Å². The lowest BCUT2D eigenvalue weighted by Gasteiger charge is -2.27. The van der Waals surface area contributed by atoms with Crippen LogP contribution in [0, 0.1) is 0 Å². The number of nitrogens with zero attached hydrogens (tertiary/aromatic N) is 3. The molecule has 1 aromatic carbocycles. The van der Waals surface area contributed by atoms with Gasteiger partial charge in [-0.2, -0.15) is 0 Å². The molecule has 1 fully saturated rings. The molecule has 1 aliphatic rings. The fourth-order valence-corrected chi connectivity index (χ4v) is 3.08. The predicted molar refractivity (Wildman–Crippen MR) is 84.9 cm³/mol. The molecule has 2 aromatic rings. The van der Waals surface area contributed by atoms with Crippen LogP contribution in [-0.2, 0) is 0 Å². The molecule has 1 heterocycles. The lowest BCUT2D eigenvalue weighted by molar-refractivity contribution is 0.318. The van der Waals surface area contributed by atoms with Crippen molar-refractivity contribution in [1.82, 2.24) is 4.98 Å². The van der Waals surface area contributed by atoms with E-state index < -0.39 is 0 Å². The summed E-state index contributed by atoms with van der Waals surface area (Å²) in [7, 11) is 2.04. The summed E-state index contributed by atoms with van der Waals surface area (Å²) < 4.78 is 0. The van der Waals surface area contributed by atoms with Gasteiger partial charge in [-0.15, -0.1) is 0 Å². The summed E-state index contributed by atoms with van der Waals surface area (Å²) in [5, 5.41) is 13.2. The van der Waals surface area contributed by atoms with E-state index in [0.717, 1.165) is 16.7 Å². The van der Waals surface area contributed by atoms with Crippen molar-refractivity contribution >= 4 is 22.6 Å². The van der Waals surface area contributed by atoms with Crippen molar-refractivity contribution in [1.29, 1.82) is 0 Å². The van der Waals surface area contributed by atoms with Crippen molar-refractivity contribution in [3.05, 3.63) is 35.9 Å². The van der Waals surface area contributed by atoms with Crippen molar-refractivity contribution in [2.45, 2.75) is 31.7 Å². The molecule has 0 spiro atoms. The van der Waals surface area contributed by atoms with Crippen LogP contribution in [0.2, 0.25) is 0 Å². The van der Waals surface area contributed by atoms with Gasteiger partial charge >= 0.3 is 0 Å². The second kappa shape index (κ2) is 5.60. The molecule has 1 saturated carbocycles. The summed E-state index contributed by atoms with van der Waals surface area (Å²) in [6.45, 7) is 0. The highest BCUT2D eigenvalue weighted by molar-refractivity contribution is 6.04. The van der Waals surface area contributed by atoms with E-state index in [1.807, 2.05) is 37.4 Å². The maximum atomic E-state index is 9.05. The largest absolute Gasteiger partial charge is 0.409 e. The molecule has 0 bridgehead atoms. The van der Waals surface area contributed by atoms with E-state index in [9.17, 15) is 0 Å². The molecule has 0 radical (unpaired) electrons. The molecular weight excluding hydrogens is 264 g/mol. The fraction of sp³-hybridized carbons (Fsp3) is 0.375. The normalized spacial score (nSPS) is 16.5. The maximum absolute atomic E-state index is 9.05. The fourth-order valence-electron chi connectivity index (χ4n) is 3.08. The number of oxime groups is 1. The highest BCUT2D eigenvalue weighted by Gasteiger charge is 2.24. The minimum atomic E-state index is 0.105. The topological polar surface area (TPSA) is 74.7 Å².